The Bertz CT molecular complexity index is 243. The van der Waals surface area contributed by atoms with E-state index in [0.717, 1.165) is 19.3 Å². The molecular formula is C12H16IO. The molecule has 0 spiro atoms. The van der Waals surface area contributed by atoms with Gasteiger partial charge in [-0.1, -0.05) is 25.0 Å². The van der Waals surface area contributed by atoms with Crippen LogP contribution in [0.4, 0.5) is 0 Å². The highest BCUT2D eigenvalue weighted by molar-refractivity contribution is 14.1. The smallest absolute Gasteiger partial charge is 0.0822 e. The second-order valence-corrected chi connectivity index (χ2v) is 4.74. The predicted molar refractivity (Wildman–Crippen MR) is 66.9 cm³/mol. The second-order valence-electron chi connectivity index (χ2n) is 3.49. The molecule has 0 unspecified atom stereocenters. The van der Waals surface area contributed by atoms with Gasteiger partial charge in [0.1, 0.15) is 0 Å². The molecule has 0 aliphatic carbocycles. The summed E-state index contributed by atoms with van der Waals surface area (Å²) in [6, 6.07) is 8.67. The highest BCUT2D eigenvalue weighted by atomic mass is 127. The Hall–Kier alpha value is -0.0900. The Balaban J connectivity index is 2.15. The first-order valence-electron chi connectivity index (χ1n) is 5.15. The molecule has 1 radical (unpaired) electrons. The number of hydrogen-bond donors (Lipinski definition) is 0. The summed E-state index contributed by atoms with van der Waals surface area (Å²) >= 11 is 2.32. The van der Waals surface area contributed by atoms with Crippen LogP contribution in [0.5, 0.6) is 0 Å². The quantitative estimate of drug-likeness (QED) is 0.562. The van der Waals surface area contributed by atoms with E-state index in [1.165, 1.54) is 22.0 Å². The Morgan fingerprint density at radius 3 is 2.21 bits per heavy atom. The Morgan fingerprint density at radius 2 is 1.57 bits per heavy atom. The van der Waals surface area contributed by atoms with E-state index in [1.807, 2.05) is 0 Å². The minimum Gasteiger partial charge on any atom is -0.237 e. The molecule has 1 aromatic carbocycles. The second kappa shape index (κ2) is 7.23. The first-order valence-corrected chi connectivity index (χ1v) is 6.23. The van der Waals surface area contributed by atoms with Crippen molar-refractivity contribution in [1.82, 2.24) is 0 Å². The van der Waals surface area contributed by atoms with E-state index >= 15 is 0 Å². The fraction of sp³-hybridized carbons (Fsp3) is 0.500. The molecular weight excluding hydrogens is 287 g/mol. The number of halogens is 1. The molecule has 1 nitrogen and oxygen atoms in total. The molecule has 2 heteroatoms. The van der Waals surface area contributed by atoms with Crippen LogP contribution in [-0.4, -0.2) is 6.61 Å². The fourth-order valence-corrected chi connectivity index (χ4v) is 1.80. The molecule has 77 valence electrons. The number of benzene rings is 1. The highest BCUT2D eigenvalue weighted by Gasteiger charge is 1.93. The van der Waals surface area contributed by atoms with Crippen LogP contribution < -0.4 is 0 Å². The van der Waals surface area contributed by atoms with Gasteiger partial charge in [0.15, 0.2) is 0 Å². The zero-order valence-electron chi connectivity index (χ0n) is 8.34. The van der Waals surface area contributed by atoms with Gasteiger partial charge in [-0.2, -0.15) is 0 Å². The highest BCUT2D eigenvalue weighted by Crippen LogP contribution is 2.10. The van der Waals surface area contributed by atoms with Crippen LogP contribution >= 0.6 is 22.6 Å². The Morgan fingerprint density at radius 1 is 0.929 bits per heavy atom. The number of hydrogen-bond acceptors (Lipinski definition) is 0. The lowest BCUT2D eigenvalue weighted by molar-refractivity contribution is 0.186. The van der Waals surface area contributed by atoms with Gasteiger partial charge in [-0.05, 0) is 59.5 Å². The van der Waals surface area contributed by atoms with Gasteiger partial charge < -0.3 is 0 Å². The molecule has 0 amide bonds. The van der Waals surface area contributed by atoms with Crippen LogP contribution in [0, 0.1) is 3.57 Å². The Kier molecular flexibility index (Phi) is 6.19. The topological polar surface area (TPSA) is 19.9 Å². The third-order valence-corrected chi connectivity index (χ3v) is 2.99. The van der Waals surface area contributed by atoms with Crippen molar-refractivity contribution < 1.29 is 5.11 Å². The maximum absolute atomic E-state index is 10.2. The maximum Gasteiger partial charge on any atom is 0.0822 e. The van der Waals surface area contributed by atoms with Gasteiger partial charge in [0, 0.05) is 3.57 Å². The molecule has 0 heterocycles. The van der Waals surface area contributed by atoms with Gasteiger partial charge in [-0.15, -0.1) is 0 Å². The van der Waals surface area contributed by atoms with E-state index in [9.17, 15) is 5.11 Å². The summed E-state index contributed by atoms with van der Waals surface area (Å²) in [6.45, 7) is 0.0868. The normalized spacial score (nSPS) is 10.4. The molecule has 0 aliphatic rings. The van der Waals surface area contributed by atoms with Crippen LogP contribution in [0.15, 0.2) is 24.3 Å². The molecule has 0 N–H and O–H groups in total. The van der Waals surface area contributed by atoms with Gasteiger partial charge in [0.2, 0.25) is 0 Å². The zero-order chi connectivity index (χ0) is 10.2. The summed E-state index contributed by atoms with van der Waals surface area (Å²) in [5.41, 5.74) is 1.41. The van der Waals surface area contributed by atoms with Crippen LogP contribution in [0.1, 0.15) is 31.2 Å². The summed E-state index contributed by atoms with van der Waals surface area (Å²) in [7, 11) is 0. The molecule has 0 aliphatic heterocycles. The third-order valence-electron chi connectivity index (χ3n) is 2.27. The Labute approximate surface area is 99.7 Å². The van der Waals surface area contributed by atoms with Crippen molar-refractivity contribution in [1.29, 1.82) is 0 Å². The molecule has 1 aromatic rings. The van der Waals surface area contributed by atoms with Gasteiger partial charge in [-0.25, -0.2) is 5.11 Å². The van der Waals surface area contributed by atoms with E-state index in [1.54, 1.807) is 0 Å². The van der Waals surface area contributed by atoms with Crippen molar-refractivity contribution >= 4 is 22.6 Å². The molecule has 0 atom stereocenters. The molecule has 0 fully saturated rings. The molecule has 0 saturated carbocycles. The van der Waals surface area contributed by atoms with E-state index in [-0.39, 0.29) is 6.61 Å². The average Bonchev–Trinajstić information content (AvgIpc) is 2.21. The first-order chi connectivity index (χ1) is 6.83. The first kappa shape index (κ1) is 12.0. The van der Waals surface area contributed by atoms with E-state index in [0.29, 0.717) is 0 Å². The zero-order valence-corrected chi connectivity index (χ0v) is 10.5. The number of unbranched alkanes of at least 4 members (excludes halogenated alkanes) is 3. The minimum atomic E-state index is 0.0868. The van der Waals surface area contributed by atoms with Gasteiger partial charge >= 0.3 is 0 Å². The van der Waals surface area contributed by atoms with Crippen molar-refractivity contribution in [2.24, 2.45) is 0 Å². The number of aryl methyl sites for hydroxylation is 1. The monoisotopic (exact) mass is 303 g/mol. The lowest BCUT2D eigenvalue weighted by Crippen LogP contribution is -1.87. The van der Waals surface area contributed by atoms with Crippen molar-refractivity contribution in [2.45, 2.75) is 32.1 Å². The summed E-state index contributed by atoms with van der Waals surface area (Å²) in [4.78, 5) is 0. The van der Waals surface area contributed by atoms with Crippen molar-refractivity contribution in [3.63, 3.8) is 0 Å². The van der Waals surface area contributed by atoms with Crippen LogP contribution in [-0.2, 0) is 11.5 Å². The minimum absolute atomic E-state index is 0.0868. The number of rotatable bonds is 6. The van der Waals surface area contributed by atoms with E-state index in [4.69, 9.17) is 0 Å². The van der Waals surface area contributed by atoms with Crippen LogP contribution in [0.3, 0.4) is 0 Å². The van der Waals surface area contributed by atoms with Crippen LogP contribution in [0.2, 0.25) is 0 Å². The standard InChI is InChI=1S/C12H16IO/c13-12-8-6-11(7-9-12)5-3-1-2-4-10-14/h6-9H,1-5,10H2. The molecule has 0 saturated heterocycles. The lowest BCUT2D eigenvalue weighted by Gasteiger charge is -2.01. The van der Waals surface area contributed by atoms with Gasteiger partial charge in [0.25, 0.3) is 0 Å². The maximum atomic E-state index is 10.2. The van der Waals surface area contributed by atoms with Gasteiger partial charge in [-0.3, -0.25) is 0 Å². The molecule has 14 heavy (non-hydrogen) atoms. The largest absolute Gasteiger partial charge is 0.237 e. The summed E-state index contributed by atoms with van der Waals surface area (Å²) < 4.78 is 1.29. The summed E-state index contributed by atoms with van der Waals surface area (Å²) in [6.07, 6.45) is 5.48. The summed E-state index contributed by atoms with van der Waals surface area (Å²) in [5.74, 6) is 0. The third kappa shape index (κ3) is 4.96. The molecule has 1 rings (SSSR count). The summed E-state index contributed by atoms with van der Waals surface area (Å²) in [5, 5.41) is 10.2. The van der Waals surface area contributed by atoms with Crippen LogP contribution in [0.25, 0.3) is 0 Å². The lowest BCUT2D eigenvalue weighted by atomic mass is 10.1. The SMILES string of the molecule is [O]CCCCCCc1ccc(I)cc1. The van der Waals surface area contributed by atoms with E-state index < -0.39 is 0 Å². The molecule has 0 aromatic heterocycles. The predicted octanol–water partition coefficient (Wildman–Crippen LogP) is 3.82. The fourth-order valence-electron chi connectivity index (χ4n) is 1.44. The molecule has 0 bridgehead atoms. The van der Waals surface area contributed by atoms with Crippen molar-refractivity contribution in [2.75, 3.05) is 6.61 Å². The van der Waals surface area contributed by atoms with Crippen molar-refractivity contribution in [3.8, 4) is 0 Å². The van der Waals surface area contributed by atoms with E-state index in [2.05, 4.69) is 46.9 Å². The average molecular weight is 303 g/mol. The van der Waals surface area contributed by atoms with Gasteiger partial charge in [0.05, 0.1) is 6.61 Å². The van der Waals surface area contributed by atoms with Crippen molar-refractivity contribution in [3.05, 3.63) is 33.4 Å².